The smallest absolute Gasteiger partial charge is 0.278 e. The van der Waals surface area contributed by atoms with E-state index in [4.69, 9.17) is 5.21 Å². The number of hydrogen-bond donors (Lipinski definition) is 2. The van der Waals surface area contributed by atoms with E-state index in [-0.39, 0.29) is 16.2 Å². The quantitative estimate of drug-likeness (QED) is 0.482. The molecule has 0 fully saturated rings. The maximum atomic E-state index is 11.1. The first-order chi connectivity index (χ1) is 10.2. The lowest BCUT2D eigenvalue weighted by Gasteiger charge is -1.99. The molecule has 3 aromatic rings. The third-order valence-electron chi connectivity index (χ3n) is 3.00. The Morgan fingerprint density at radius 2 is 1.24 bits per heavy atom. The number of nitrogens with one attached hydrogen (secondary N) is 1. The van der Waals surface area contributed by atoms with Gasteiger partial charge in [0.15, 0.2) is 0 Å². The number of nitrogens with zero attached hydrogens (tertiary/aromatic N) is 3. The van der Waals surface area contributed by atoms with Crippen molar-refractivity contribution in [1.29, 1.82) is 0 Å². The minimum Gasteiger partial charge on any atom is -0.278 e. The number of H-pyrrole nitrogens is 1. The predicted molar refractivity (Wildman–Crippen MR) is 72.6 cm³/mol. The fourth-order valence-electron chi connectivity index (χ4n) is 1.96. The number of carbonyl (C=O) groups is 2. The van der Waals surface area contributed by atoms with Gasteiger partial charge in [-0.3, -0.25) is 14.8 Å². The summed E-state index contributed by atoms with van der Waals surface area (Å²) in [4.78, 5) is 22.1. The van der Waals surface area contributed by atoms with Gasteiger partial charge in [0.05, 0.1) is 11.1 Å². The molecule has 7 nitrogen and oxygen atoms in total. The van der Waals surface area contributed by atoms with Crippen molar-refractivity contribution in [2.24, 2.45) is 0 Å². The Morgan fingerprint density at radius 3 is 1.71 bits per heavy atom. The van der Waals surface area contributed by atoms with Gasteiger partial charge < -0.3 is 0 Å². The first-order valence-corrected chi connectivity index (χ1v) is 6.10. The Labute approximate surface area is 118 Å². The van der Waals surface area contributed by atoms with Gasteiger partial charge in [0.25, 0.3) is 11.8 Å². The Hall–Kier alpha value is -3.06. The number of amides is 2. The molecule has 7 heteroatoms. The fraction of sp³-hybridized carbons (Fsp3) is 0. The summed E-state index contributed by atoms with van der Waals surface area (Å²) in [6.07, 6.45) is 0. The van der Waals surface area contributed by atoms with Crippen molar-refractivity contribution in [3.05, 3.63) is 59.7 Å². The Bertz CT molecular complexity index is 762. The first-order valence-electron chi connectivity index (χ1n) is 6.10. The highest BCUT2D eigenvalue weighted by Crippen LogP contribution is 2.19. The molecule has 0 bridgehead atoms. The van der Waals surface area contributed by atoms with E-state index in [9.17, 15) is 9.59 Å². The second-order valence-corrected chi connectivity index (χ2v) is 4.28. The number of fused-ring (bicyclic) bond motifs is 2. The second-order valence-electron chi connectivity index (χ2n) is 4.28. The van der Waals surface area contributed by atoms with Crippen molar-refractivity contribution in [2.45, 2.75) is 0 Å². The standard InChI is InChI=1S/C8H5NO3.C6H5N3/c10-7-5-3-1-2-4-6(5)8(11)9(7)12;1-2-4-6-5(3-1)7-9-8-6/h1-4,12H;1-4H,(H,7,8,9). The highest BCUT2D eigenvalue weighted by Gasteiger charge is 2.33. The molecule has 1 aromatic heterocycles. The molecule has 104 valence electrons. The summed E-state index contributed by atoms with van der Waals surface area (Å²) in [7, 11) is 0. The zero-order valence-electron chi connectivity index (χ0n) is 10.7. The Balaban J connectivity index is 0.000000131. The number of aromatic amines is 1. The Morgan fingerprint density at radius 1 is 0.810 bits per heavy atom. The van der Waals surface area contributed by atoms with Gasteiger partial charge in [0.1, 0.15) is 11.0 Å². The summed E-state index contributed by atoms with van der Waals surface area (Å²) in [6, 6.07) is 14.0. The highest BCUT2D eigenvalue weighted by molar-refractivity contribution is 6.20. The molecule has 0 saturated carbocycles. The highest BCUT2D eigenvalue weighted by atomic mass is 16.5. The maximum Gasteiger partial charge on any atom is 0.285 e. The van der Waals surface area contributed by atoms with Crippen LogP contribution in [0, 0.1) is 0 Å². The van der Waals surface area contributed by atoms with Crippen molar-refractivity contribution in [3.63, 3.8) is 0 Å². The van der Waals surface area contributed by atoms with E-state index in [1.165, 1.54) is 12.1 Å². The summed E-state index contributed by atoms with van der Waals surface area (Å²) in [5, 5.41) is 19.4. The van der Waals surface area contributed by atoms with Crippen LogP contribution in [0.25, 0.3) is 11.0 Å². The molecule has 1 aliphatic rings. The number of hydrogen-bond acceptors (Lipinski definition) is 5. The van der Waals surface area contributed by atoms with Gasteiger partial charge in [-0.25, -0.2) is 0 Å². The summed E-state index contributed by atoms with van der Waals surface area (Å²) < 4.78 is 0. The van der Waals surface area contributed by atoms with Gasteiger partial charge in [0.2, 0.25) is 0 Å². The first kappa shape index (κ1) is 12.9. The van der Waals surface area contributed by atoms with Crippen LogP contribution in [-0.2, 0) is 0 Å². The van der Waals surface area contributed by atoms with Crippen LogP contribution in [0.5, 0.6) is 0 Å². The van der Waals surface area contributed by atoms with Gasteiger partial charge in [-0.2, -0.15) is 15.4 Å². The summed E-state index contributed by atoms with van der Waals surface area (Å²) >= 11 is 0. The van der Waals surface area contributed by atoms with Crippen LogP contribution in [0.4, 0.5) is 0 Å². The molecule has 0 radical (unpaired) electrons. The number of benzene rings is 2. The van der Waals surface area contributed by atoms with Gasteiger partial charge in [-0.1, -0.05) is 24.3 Å². The molecule has 2 heterocycles. The fourth-order valence-corrected chi connectivity index (χ4v) is 1.96. The molecule has 2 N–H and O–H groups in total. The maximum absolute atomic E-state index is 11.1. The minimum atomic E-state index is -0.657. The molecule has 1 aliphatic heterocycles. The van der Waals surface area contributed by atoms with Crippen LogP contribution in [0.2, 0.25) is 0 Å². The van der Waals surface area contributed by atoms with Crippen LogP contribution < -0.4 is 0 Å². The van der Waals surface area contributed by atoms with Crippen molar-refractivity contribution in [2.75, 3.05) is 0 Å². The largest absolute Gasteiger partial charge is 0.285 e. The molecule has 0 spiro atoms. The van der Waals surface area contributed by atoms with Crippen molar-refractivity contribution in [1.82, 2.24) is 20.5 Å². The molecule has 4 rings (SSSR count). The van der Waals surface area contributed by atoms with E-state index in [0.717, 1.165) is 11.0 Å². The number of rotatable bonds is 0. The van der Waals surface area contributed by atoms with Crippen molar-refractivity contribution >= 4 is 22.8 Å². The topological polar surface area (TPSA) is 99.2 Å². The number of hydroxylamine groups is 2. The molecule has 0 atom stereocenters. The monoisotopic (exact) mass is 282 g/mol. The summed E-state index contributed by atoms with van der Waals surface area (Å²) in [5.41, 5.74) is 2.34. The zero-order chi connectivity index (χ0) is 14.8. The van der Waals surface area contributed by atoms with Crippen LogP contribution >= 0.6 is 0 Å². The molecule has 0 saturated heterocycles. The van der Waals surface area contributed by atoms with E-state index in [1.807, 2.05) is 24.3 Å². The van der Waals surface area contributed by atoms with Gasteiger partial charge in [0, 0.05) is 0 Å². The Kier molecular flexibility index (Phi) is 3.17. The van der Waals surface area contributed by atoms with Crippen molar-refractivity contribution in [3.8, 4) is 0 Å². The molecular weight excluding hydrogens is 272 g/mol. The lowest BCUT2D eigenvalue weighted by molar-refractivity contribution is -0.0327. The van der Waals surface area contributed by atoms with Crippen molar-refractivity contribution < 1.29 is 14.8 Å². The number of para-hydroxylation sites is 2. The van der Waals surface area contributed by atoms with Crippen LogP contribution in [0.3, 0.4) is 0 Å². The SMILES string of the molecule is O=C1c2ccccc2C(=O)N1O.c1ccc2n[nH]nc2c1. The van der Waals surface area contributed by atoms with E-state index in [2.05, 4.69) is 15.4 Å². The average Bonchev–Trinajstić information content (AvgIpc) is 3.09. The molecular formula is C14H10N4O3. The predicted octanol–water partition coefficient (Wildman–Crippen LogP) is 1.63. The zero-order valence-corrected chi connectivity index (χ0v) is 10.7. The summed E-state index contributed by atoms with van der Waals surface area (Å²) in [6.45, 7) is 0. The minimum absolute atomic E-state index is 0.130. The summed E-state index contributed by atoms with van der Waals surface area (Å²) in [5.74, 6) is -1.31. The number of aromatic nitrogens is 3. The molecule has 0 aliphatic carbocycles. The third kappa shape index (κ3) is 2.26. The van der Waals surface area contributed by atoms with E-state index < -0.39 is 11.8 Å². The van der Waals surface area contributed by atoms with Crippen LogP contribution in [0.15, 0.2) is 48.5 Å². The van der Waals surface area contributed by atoms with E-state index in [1.54, 1.807) is 12.1 Å². The second kappa shape index (κ2) is 5.14. The normalized spacial score (nSPS) is 13.1. The van der Waals surface area contributed by atoms with Gasteiger partial charge >= 0.3 is 0 Å². The molecule has 2 aromatic carbocycles. The third-order valence-corrected chi connectivity index (χ3v) is 3.00. The van der Waals surface area contributed by atoms with Crippen LogP contribution in [0.1, 0.15) is 20.7 Å². The molecule has 0 unspecified atom stereocenters. The van der Waals surface area contributed by atoms with Gasteiger partial charge in [-0.15, -0.1) is 5.06 Å². The lowest BCUT2D eigenvalue weighted by atomic mass is 10.1. The number of carbonyl (C=O) groups excluding carboxylic acids is 2. The molecule has 2 amide bonds. The van der Waals surface area contributed by atoms with E-state index >= 15 is 0 Å². The average molecular weight is 282 g/mol. The lowest BCUT2D eigenvalue weighted by Crippen LogP contribution is -2.25. The van der Waals surface area contributed by atoms with Gasteiger partial charge in [-0.05, 0) is 24.3 Å². The number of imide groups is 1. The molecule has 21 heavy (non-hydrogen) atoms. The van der Waals surface area contributed by atoms with Crippen LogP contribution in [-0.4, -0.2) is 37.5 Å². The van der Waals surface area contributed by atoms with E-state index in [0.29, 0.717) is 0 Å².